The van der Waals surface area contributed by atoms with Gasteiger partial charge in [0.05, 0.1) is 12.1 Å². The van der Waals surface area contributed by atoms with Crippen LogP contribution >= 0.6 is 11.8 Å². The number of aliphatic carboxylic acids is 2. The summed E-state index contributed by atoms with van der Waals surface area (Å²) in [6.45, 7) is 2.27. The quantitative estimate of drug-likeness (QED) is 0.0761. The third-order valence-electron chi connectivity index (χ3n) is 7.06. The summed E-state index contributed by atoms with van der Waals surface area (Å²) in [7, 11) is 0. The third-order valence-corrected chi connectivity index (χ3v) is 8.57. The number of rotatable bonds is 21. The second-order valence-corrected chi connectivity index (χ2v) is 11.6. The lowest BCUT2D eigenvalue weighted by Crippen LogP contribution is -2.36. The molecule has 0 bridgehead atoms. The lowest BCUT2D eigenvalue weighted by molar-refractivity contribution is -0.138. The van der Waals surface area contributed by atoms with Crippen LogP contribution in [0.5, 0.6) is 0 Å². The van der Waals surface area contributed by atoms with Gasteiger partial charge in [-0.1, -0.05) is 103 Å². The molecular weight excluding hydrogens is 501 g/mol. The highest BCUT2D eigenvalue weighted by atomic mass is 32.2. The molecule has 7 nitrogen and oxygen atoms in total. The van der Waals surface area contributed by atoms with E-state index in [1.165, 1.54) is 83.5 Å². The fourth-order valence-electron chi connectivity index (χ4n) is 4.91. The fraction of sp³-hybridized carbons (Fsp3) is 0.893. The Labute approximate surface area is 245 Å². The van der Waals surface area contributed by atoms with Crippen molar-refractivity contribution in [3.63, 3.8) is 0 Å². The normalized spacial score (nSPS) is 19.7. The average molecular weight is 555 g/mol. The summed E-state index contributed by atoms with van der Waals surface area (Å²) in [4.78, 5) is 31.8. The molecule has 37 heavy (non-hydrogen) atoms. The van der Waals surface area contributed by atoms with Gasteiger partial charge in [0, 0.05) is 23.8 Å². The van der Waals surface area contributed by atoms with Crippen molar-refractivity contribution >= 4 is 52.8 Å². The summed E-state index contributed by atoms with van der Waals surface area (Å²) in [6, 6.07) is 0.440. The minimum absolute atomic E-state index is 0. The predicted molar refractivity (Wildman–Crippen MR) is 157 cm³/mol. The molecule has 2 aliphatic heterocycles. The number of fused-ring (bicyclic) bond motifs is 1. The molecule has 4 N–H and O–H groups in total. The van der Waals surface area contributed by atoms with Gasteiger partial charge in [-0.15, -0.1) is 0 Å². The Morgan fingerprint density at radius 3 is 1.62 bits per heavy atom. The first-order chi connectivity index (χ1) is 17.4. The Kier molecular flexibility index (Phi) is 23.9. The number of carboxylic acids is 2. The maximum atomic E-state index is 11.1. The van der Waals surface area contributed by atoms with Crippen LogP contribution in [0.3, 0.4) is 0 Å². The van der Waals surface area contributed by atoms with Gasteiger partial charge in [-0.3, -0.25) is 9.59 Å². The summed E-state index contributed by atoms with van der Waals surface area (Å²) in [6.07, 6.45) is 23.1. The van der Waals surface area contributed by atoms with Gasteiger partial charge in [-0.2, -0.15) is 11.8 Å². The van der Waals surface area contributed by atoms with Crippen LogP contribution in [-0.4, -0.2) is 74.3 Å². The number of urea groups is 1. The zero-order valence-corrected chi connectivity index (χ0v) is 23.4. The molecule has 0 spiro atoms. The second-order valence-electron chi connectivity index (χ2n) is 10.4. The molecule has 0 aromatic heterocycles. The highest BCUT2D eigenvalue weighted by Crippen LogP contribution is 2.33. The highest BCUT2D eigenvalue weighted by molar-refractivity contribution is 8.00. The van der Waals surface area contributed by atoms with E-state index in [1.807, 2.05) is 11.8 Å². The molecule has 2 aliphatic rings. The first-order valence-corrected chi connectivity index (χ1v) is 15.6. The molecule has 0 unspecified atom stereocenters. The van der Waals surface area contributed by atoms with E-state index in [2.05, 4.69) is 17.6 Å². The third kappa shape index (κ3) is 20.0. The first-order valence-electron chi connectivity index (χ1n) is 14.6. The van der Waals surface area contributed by atoms with Crippen molar-refractivity contribution in [1.82, 2.24) is 10.6 Å². The number of amides is 2. The maximum absolute atomic E-state index is 11.1. The Bertz CT molecular complexity index is 611. The Morgan fingerprint density at radius 2 is 1.16 bits per heavy atom. The molecular formula is C28H54MgN2O5S. The van der Waals surface area contributed by atoms with E-state index in [4.69, 9.17) is 10.2 Å². The lowest BCUT2D eigenvalue weighted by Gasteiger charge is -2.16. The summed E-state index contributed by atoms with van der Waals surface area (Å²) in [5.74, 6) is -0.417. The zero-order valence-electron chi connectivity index (χ0n) is 22.6. The second kappa shape index (κ2) is 24.4. The van der Waals surface area contributed by atoms with Crippen molar-refractivity contribution in [2.75, 3.05) is 5.75 Å². The van der Waals surface area contributed by atoms with Gasteiger partial charge >= 0.3 is 41.0 Å². The standard InChI is InChI=1S/C18H36O2.C10H16N2O3S.Mg.2H/c1-2-3-4-5-6-7-8-9-10-11-12-13-14-15-16-17-18(19)20;13-8(14)4-2-1-3-7-9-6(5-16-7)11-10(15)12-9;;;/h2-17H2,1H3,(H,19,20);6-7,9H,1-5H2,(H,13,14)(H2,11,12,15);;;/t;6-,7-,9-;;;/m.0.../s1. The summed E-state index contributed by atoms with van der Waals surface area (Å²) in [5, 5.41) is 23.3. The van der Waals surface area contributed by atoms with Gasteiger partial charge in [0.2, 0.25) is 0 Å². The van der Waals surface area contributed by atoms with E-state index < -0.39 is 11.9 Å². The monoisotopic (exact) mass is 554 g/mol. The number of carbonyl (C=O) groups excluding carboxylic acids is 1. The molecule has 2 rings (SSSR count). The van der Waals surface area contributed by atoms with E-state index in [0.29, 0.717) is 11.7 Å². The van der Waals surface area contributed by atoms with E-state index in [0.717, 1.165) is 37.9 Å². The van der Waals surface area contributed by atoms with E-state index in [-0.39, 0.29) is 47.6 Å². The topological polar surface area (TPSA) is 116 Å². The van der Waals surface area contributed by atoms with E-state index in [1.54, 1.807) is 0 Å². The molecule has 2 fully saturated rings. The number of carbonyl (C=O) groups is 3. The molecule has 2 heterocycles. The van der Waals surface area contributed by atoms with Crippen LogP contribution < -0.4 is 10.6 Å². The lowest BCUT2D eigenvalue weighted by atomic mass is 10.0. The summed E-state index contributed by atoms with van der Waals surface area (Å²) >= 11 is 1.87. The van der Waals surface area contributed by atoms with Gasteiger partial charge < -0.3 is 20.8 Å². The zero-order chi connectivity index (χ0) is 26.4. The molecule has 0 aliphatic carbocycles. The molecule has 2 amide bonds. The minimum atomic E-state index is -0.729. The Balaban J connectivity index is 0.000000694. The van der Waals surface area contributed by atoms with Gasteiger partial charge in [-0.25, -0.2) is 4.79 Å². The van der Waals surface area contributed by atoms with Crippen molar-refractivity contribution in [3.8, 4) is 0 Å². The predicted octanol–water partition coefficient (Wildman–Crippen LogP) is 6.21. The molecule has 3 atom stereocenters. The number of hydrogen-bond donors (Lipinski definition) is 4. The molecule has 0 saturated carbocycles. The number of nitrogens with one attached hydrogen (secondary N) is 2. The smallest absolute Gasteiger partial charge is 0.316 e. The van der Waals surface area contributed by atoms with Crippen LogP contribution in [-0.2, 0) is 9.59 Å². The minimum Gasteiger partial charge on any atom is -0.481 e. The molecule has 0 aromatic rings. The number of hydrogen-bond acceptors (Lipinski definition) is 4. The molecule has 9 heteroatoms. The van der Waals surface area contributed by atoms with Gasteiger partial charge in [0.1, 0.15) is 0 Å². The average Bonchev–Trinajstić information content (AvgIpc) is 3.38. The van der Waals surface area contributed by atoms with E-state index in [9.17, 15) is 14.4 Å². The van der Waals surface area contributed by atoms with Crippen LogP contribution in [0.4, 0.5) is 4.79 Å². The Morgan fingerprint density at radius 1 is 0.730 bits per heavy atom. The number of carboxylic acid groups (broad SMARTS) is 2. The van der Waals surface area contributed by atoms with Crippen LogP contribution in [0.15, 0.2) is 0 Å². The molecule has 214 valence electrons. The Hall–Kier alpha value is -0.674. The molecule has 2 saturated heterocycles. The summed E-state index contributed by atoms with van der Waals surface area (Å²) < 4.78 is 0. The number of unbranched alkanes of at least 4 members (excludes halogenated alkanes) is 15. The van der Waals surface area contributed by atoms with Crippen molar-refractivity contribution in [2.45, 2.75) is 153 Å². The van der Waals surface area contributed by atoms with Crippen molar-refractivity contribution in [1.29, 1.82) is 0 Å². The largest absolute Gasteiger partial charge is 0.481 e. The highest BCUT2D eigenvalue weighted by Gasteiger charge is 2.42. The number of thioether (sulfide) groups is 1. The maximum Gasteiger partial charge on any atom is 0.316 e. The first kappa shape index (κ1) is 36.3. The van der Waals surface area contributed by atoms with Crippen LogP contribution in [0.25, 0.3) is 0 Å². The van der Waals surface area contributed by atoms with Gasteiger partial charge in [-0.05, 0) is 19.3 Å². The van der Waals surface area contributed by atoms with Crippen molar-refractivity contribution < 1.29 is 24.6 Å². The van der Waals surface area contributed by atoms with Gasteiger partial charge in [0.25, 0.3) is 0 Å². The van der Waals surface area contributed by atoms with Crippen LogP contribution in [0, 0.1) is 0 Å². The van der Waals surface area contributed by atoms with Gasteiger partial charge in [0.15, 0.2) is 0 Å². The van der Waals surface area contributed by atoms with Crippen LogP contribution in [0.2, 0.25) is 0 Å². The van der Waals surface area contributed by atoms with Crippen molar-refractivity contribution in [2.24, 2.45) is 0 Å². The fourth-order valence-corrected chi connectivity index (χ4v) is 6.46. The molecule has 0 aromatic carbocycles. The van der Waals surface area contributed by atoms with Crippen molar-refractivity contribution in [3.05, 3.63) is 0 Å². The molecule has 0 radical (unpaired) electrons. The SMILES string of the molecule is CCCCCCCCCCCCCCCCCC(=O)O.O=C(O)CCCC[C@@H]1SC[C@@H]2NC(=O)N[C@@H]21.[MgH2]. The summed E-state index contributed by atoms with van der Waals surface area (Å²) in [5.41, 5.74) is 0. The van der Waals surface area contributed by atoms with E-state index >= 15 is 0 Å². The van der Waals surface area contributed by atoms with Crippen LogP contribution in [0.1, 0.15) is 135 Å².